The van der Waals surface area contributed by atoms with Crippen LogP contribution < -0.4 is 21.3 Å². The summed E-state index contributed by atoms with van der Waals surface area (Å²) in [5, 5.41) is 3.30. The molecule has 0 radical (unpaired) electrons. The topological polar surface area (TPSA) is 98.0 Å². The lowest BCUT2D eigenvalue weighted by Crippen LogP contribution is -2.27. The van der Waals surface area contributed by atoms with E-state index in [1.54, 1.807) is 0 Å². The Morgan fingerprint density at radius 3 is 2.89 bits per heavy atom. The maximum absolute atomic E-state index is 5.33. The van der Waals surface area contributed by atoms with Crippen LogP contribution in [0.3, 0.4) is 0 Å². The van der Waals surface area contributed by atoms with Gasteiger partial charge in [0.25, 0.3) is 0 Å². The average Bonchev–Trinajstić information content (AvgIpc) is 2.40. The second-order valence-corrected chi connectivity index (χ2v) is 5.05. The van der Waals surface area contributed by atoms with Crippen molar-refractivity contribution in [1.82, 2.24) is 15.0 Å². The second kappa shape index (κ2) is 6.60. The van der Waals surface area contributed by atoms with Crippen molar-refractivity contribution in [2.75, 3.05) is 28.9 Å². The lowest BCUT2D eigenvalue weighted by atomic mass is 10.2. The van der Waals surface area contributed by atoms with E-state index < -0.39 is 0 Å². The molecule has 4 N–H and O–H groups in total. The van der Waals surface area contributed by atoms with Crippen LogP contribution in [0.25, 0.3) is 0 Å². The van der Waals surface area contributed by atoms with Gasteiger partial charge in [-0.2, -0.15) is 26.7 Å². The second-order valence-electron chi connectivity index (χ2n) is 3.90. The summed E-state index contributed by atoms with van der Waals surface area (Å²) < 4.78 is 5.28. The van der Waals surface area contributed by atoms with Crippen molar-refractivity contribution in [3.05, 3.63) is 0 Å². The number of ether oxygens (including phenoxy) is 1. The molecule has 1 unspecified atom stereocenters. The molecule has 0 amide bonds. The number of nitrogens with two attached hydrogens (primary N) is 1. The van der Waals surface area contributed by atoms with Gasteiger partial charge in [-0.15, -0.1) is 0 Å². The Kier molecular flexibility index (Phi) is 4.82. The third kappa shape index (κ3) is 3.61. The number of aromatic nitrogens is 3. The summed E-state index contributed by atoms with van der Waals surface area (Å²) in [5.41, 5.74) is 2.42. The molecule has 18 heavy (non-hydrogen) atoms. The first-order valence-electron chi connectivity index (χ1n) is 6.01. The number of hydrogen-bond donors (Lipinski definition) is 3. The van der Waals surface area contributed by atoms with Crippen LogP contribution in [0.2, 0.25) is 0 Å². The van der Waals surface area contributed by atoms with Crippen LogP contribution >= 0.6 is 11.8 Å². The van der Waals surface area contributed by atoms with Gasteiger partial charge < -0.3 is 10.1 Å². The fraction of sp³-hybridized carbons (Fsp3) is 0.700. The summed E-state index contributed by atoms with van der Waals surface area (Å²) in [4.78, 5) is 12.4. The third-order valence-corrected chi connectivity index (χ3v) is 3.73. The maximum Gasteiger partial charge on any atom is 0.323 e. The molecule has 0 bridgehead atoms. The monoisotopic (exact) mass is 270 g/mol. The predicted octanol–water partition coefficient (Wildman–Crippen LogP) is 0.863. The first-order chi connectivity index (χ1) is 8.81. The molecule has 1 saturated heterocycles. The van der Waals surface area contributed by atoms with Crippen molar-refractivity contribution in [2.45, 2.75) is 25.8 Å². The molecule has 1 aliphatic rings. The predicted molar refractivity (Wildman–Crippen MR) is 72.8 cm³/mol. The molecular formula is C10H18N6OS. The zero-order chi connectivity index (χ0) is 12.8. The first-order valence-corrected chi connectivity index (χ1v) is 7.17. The van der Waals surface area contributed by atoms with E-state index in [1.807, 2.05) is 18.7 Å². The van der Waals surface area contributed by atoms with Gasteiger partial charge in [0.05, 0.1) is 6.61 Å². The van der Waals surface area contributed by atoms with Crippen molar-refractivity contribution in [2.24, 2.45) is 5.84 Å². The molecule has 7 nitrogen and oxygen atoms in total. The third-order valence-electron chi connectivity index (χ3n) is 2.51. The van der Waals surface area contributed by atoms with Gasteiger partial charge in [-0.25, -0.2) is 5.84 Å². The smallest absolute Gasteiger partial charge is 0.323 e. The van der Waals surface area contributed by atoms with E-state index in [4.69, 9.17) is 10.6 Å². The van der Waals surface area contributed by atoms with Crippen molar-refractivity contribution >= 4 is 23.7 Å². The zero-order valence-electron chi connectivity index (χ0n) is 10.3. The van der Waals surface area contributed by atoms with Crippen LogP contribution in [0, 0.1) is 0 Å². The average molecular weight is 270 g/mol. The van der Waals surface area contributed by atoms with E-state index in [0.717, 1.165) is 12.2 Å². The Bertz CT molecular complexity index is 385. The van der Waals surface area contributed by atoms with Crippen LogP contribution in [0.5, 0.6) is 6.01 Å². The van der Waals surface area contributed by atoms with Crippen LogP contribution in [0.1, 0.15) is 19.8 Å². The van der Waals surface area contributed by atoms with Crippen molar-refractivity contribution < 1.29 is 4.74 Å². The van der Waals surface area contributed by atoms with Gasteiger partial charge in [0, 0.05) is 11.8 Å². The summed E-state index contributed by atoms with van der Waals surface area (Å²) in [6.45, 7) is 2.39. The Balaban J connectivity index is 2.07. The summed E-state index contributed by atoms with van der Waals surface area (Å²) in [6, 6.07) is 0.678. The van der Waals surface area contributed by atoms with Crippen LogP contribution in [-0.4, -0.2) is 39.1 Å². The molecule has 1 aromatic heterocycles. The highest BCUT2D eigenvalue weighted by atomic mass is 32.2. The number of thioether (sulfide) groups is 1. The van der Waals surface area contributed by atoms with Gasteiger partial charge in [-0.3, -0.25) is 5.43 Å². The molecule has 8 heteroatoms. The highest BCUT2D eigenvalue weighted by molar-refractivity contribution is 7.99. The number of nitrogens with one attached hydrogen (secondary N) is 2. The molecule has 0 spiro atoms. The number of nitrogen functional groups attached to an aromatic ring is 1. The molecule has 1 aliphatic heterocycles. The van der Waals surface area contributed by atoms with E-state index in [2.05, 4.69) is 25.7 Å². The number of anilines is 2. The van der Waals surface area contributed by atoms with Gasteiger partial charge >= 0.3 is 6.01 Å². The minimum absolute atomic E-state index is 0.284. The summed E-state index contributed by atoms with van der Waals surface area (Å²) in [6.07, 6.45) is 2.35. The SMILES string of the molecule is CCOc1nc(NN)nc(NC2CCCSC2)n1. The molecular weight excluding hydrogens is 252 g/mol. The van der Waals surface area contributed by atoms with E-state index >= 15 is 0 Å². The van der Waals surface area contributed by atoms with Crippen molar-refractivity contribution in [1.29, 1.82) is 0 Å². The van der Waals surface area contributed by atoms with E-state index in [1.165, 1.54) is 12.2 Å². The Morgan fingerprint density at radius 1 is 1.39 bits per heavy atom. The molecule has 0 aromatic carbocycles. The van der Waals surface area contributed by atoms with Gasteiger partial charge in [0.2, 0.25) is 11.9 Å². The van der Waals surface area contributed by atoms with Gasteiger partial charge in [-0.1, -0.05) is 0 Å². The number of hydrogen-bond acceptors (Lipinski definition) is 8. The minimum atomic E-state index is 0.284. The van der Waals surface area contributed by atoms with E-state index in [0.29, 0.717) is 24.5 Å². The molecule has 100 valence electrons. The largest absolute Gasteiger partial charge is 0.464 e. The highest BCUT2D eigenvalue weighted by Gasteiger charge is 2.15. The Morgan fingerprint density at radius 2 is 2.22 bits per heavy atom. The summed E-state index contributed by atoms with van der Waals surface area (Å²) in [5.74, 6) is 8.44. The number of nitrogens with zero attached hydrogens (tertiary/aromatic N) is 3. The molecule has 1 aromatic rings. The zero-order valence-corrected chi connectivity index (χ0v) is 11.2. The molecule has 1 fully saturated rings. The fourth-order valence-electron chi connectivity index (χ4n) is 1.72. The number of hydrazine groups is 1. The maximum atomic E-state index is 5.33. The van der Waals surface area contributed by atoms with Crippen LogP contribution in [-0.2, 0) is 0 Å². The summed E-state index contributed by atoms with van der Waals surface area (Å²) >= 11 is 1.94. The standard InChI is InChI=1S/C10H18N6OS/c1-2-17-10-14-8(13-9(15-10)16-11)12-7-4-3-5-18-6-7/h7H,2-6,11H2,1H3,(H2,12,13,14,15,16). The van der Waals surface area contributed by atoms with Crippen molar-refractivity contribution in [3.8, 4) is 6.01 Å². The number of rotatable bonds is 5. The lowest BCUT2D eigenvalue weighted by molar-refractivity contribution is 0.312. The Hall–Kier alpha value is -1.28. The van der Waals surface area contributed by atoms with Crippen LogP contribution in [0.4, 0.5) is 11.9 Å². The minimum Gasteiger partial charge on any atom is -0.464 e. The highest BCUT2D eigenvalue weighted by Crippen LogP contribution is 2.20. The van der Waals surface area contributed by atoms with Gasteiger partial charge in [-0.05, 0) is 25.5 Å². The molecule has 0 aliphatic carbocycles. The van der Waals surface area contributed by atoms with Crippen molar-refractivity contribution in [3.63, 3.8) is 0 Å². The summed E-state index contributed by atoms with van der Waals surface area (Å²) in [7, 11) is 0. The van der Waals surface area contributed by atoms with Gasteiger partial charge in [0.15, 0.2) is 0 Å². The van der Waals surface area contributed by atoms with E-state index in [9.17, 15) is 0 Å². The Labute approximate surface area is 110 Å². The quantitative estimate of drug-likeness (QED) is 0.535. The van der Waals surface area contributed by atoms with Crippen LogP contribution in [0.15, 0.2) is 0 Å². The molecule has 2 heterocycles. The first kappa shape index (κ1) is 13.2. The normalized spacial score (nSPS) is 19.3. The lowest BCUT2D eigenvalue weighted by Gasteiger charge is -2.22. The molecule has 0 saturated carbocycles. The van der Waals surface area contributed by atoms with Gasteiger partial charge in [0.1, 0.15) is 0 Å². The fourth-order valence-corrected chi connectivity index (χ4v) is 2.79. The molecule has 2 rings (SSSR count). The van der Waals surface area contributed by atoms with E-state index in [-0.39, 0.29) is 6.01 Å². The molecule has 1 atom stereocenters.